The number of carboxylic acid groups (broad SMARTS) is 1. The fourth-order valence-electron chi connectivity index (χ4n) is 5.44. The topological polar surface area (TPSA) is 140 Å². The summed E-state index contributed by atoms with van der Waals surface area (Å²) in [5, 5.41) is 24.1. The zero-order valence-corrected chi connectivity index (χ0v) is 23.0. The van der Waals surface area contributed by atoms with Crippen LogP contribution in [-0.2, 0) is 0 Å². The number of nitrogens with zero attached hydrogens (tertiary/aromatic N) is 6. The van der Waals surface area contributed by atoms with Crippen LogP contribution in [0.25, 0.3) is 5.65 Å². The molecule has 0 radical (unpaired) electrons. The molecule has 2 aliphatic rings. The molecule has 3 heterocycles. The van der Waals surface area contributed by atoms with Crippen LogP contribution in [0.2, 0.25) is 0 Å². The average Bonchev–Trinajstić information content (AvgIpc) is 3.61. The highest BCUT2D eigenvalue weighted by Gasteiger charge is 2.32. The lowest BCUT2D eigenvalue weighted by atomic mass is 9.89. The van der Waals surface area contributed by atoms with Gasteiger partial charge in [0.15, 0.2) is 17.2 Å². The summed E-state index contributed by atoms with van der Waals surface area (Å²) in [7, 11) is 3.89. The Labute approximate surface area is 232 Å². The van der Waals surface area contributed by atoms with Gasteiger partial charge in [-0.25, -0.2) is 18.7 Å². The minimum Gasteiger partial charge on any atom is -0.465 e. The molecule has 0 saturated heterocycles. The number of likely N-dealkylation sites (N-methyl/N-ethyl adjacent to an activating group) is 1. The number of hydrogen-bond acceptors (Lipinski definition) is 8. The van der Waals surface area contributed by atoms with Crippen molar-refractivity contribution in [2.24, 2.45) is 0 Å². The highest BCUT2D eigenvalue weighted by Crippen LogP contribution is 2.31. The number of aromatic nitrogens is 4. The third-order valence-corrected chi connectivity index (χ3v) is 7.43. The van der Waals surface area contributed by atoms with Gasteiger partial charge in [0.1, 0.15) is 5.82 Å². The molecule has 3 aromatic rings. The molecule has 5 rings (SSSR count). The summed E-state index contributed by atoms with van der Waals surface area (Å²) in [5.74, 6) is -0.595. The van der Waals surface area contributed by atoms with E-state index in [1.165, 1.54) is 23.0 Å². The van der Waals surface area contributed by atoms with Gasteiger partial charge in [0.25, 0.3) is 5.91 Å². The predicted octanol–water partition coefficient (Wildman–Crippen LogP) is 3.74. The molecule has 1 unspecified atom stereocenters. The fourth-order valence-corrected chi connectivity index (χ4v) is 5.44. The normalized spacial score (nSPS) is 19.8. The molecule has 2 saturated carbocycles. The number of imidazole rings is 1. The lowest BCUT2D eigenvalue weighted by Gasteiger charge is -2.39. The van der Waals surface area contributed by atoms with Gasteiger partial charge in [-0.1, -0.05) is 0 Å². The van der Waals surface area contributed by atoms with Crippen LogP contribution in [0.15, 0.2) is 30.7 Å². The number of amides is 2. The first kappa shape index (κ1) is 27.6. The molecule has 3 aromatic heterocycles. The van der Waals surface area contributed by atoms with Crippen LogP contribution in [0.4, 0.5) is 26.4 Å². The molecule has 13 heteroatoms. The van der Waals surface area contributed by atoms with Crippen molar-refractivity contribution in [3.05, 3.63) is 42.2 Å². The summed E-state index contributed by atoms with van der Waals surface area (Å²) >= 11 is 0. The van der Waals surface area contributed by atoms with E-state index in [0.717, 1.165) is 50.4 Å². The van der Waals surface area contributed by atoms with Crippen LogP contribution in [0.3, 0.4) is 0 Å². The molecule has 4 N–H and O–H groups in total. The Morgan fingerprint density at radius 2 is 1.80 bits per heavy atom. The van der Waals surface area contributed by atoms with Gasteiger partial charge in [-0.15, -0.1) is 5.10 Å². The zero-order valence-electron chi connectivity index (χ0n) is 23.0. The second-order valence-corrected chi connectivity index (χ2v) is 11.0. The first-order valence-corrected chi connectivity index (χ1v) is 13.7. The molecule has 0 aromatic carbocycles. The van der Waals surface area contributed by atoms with E-state index in [1.807, 2.05) is 32.0 Å². The number of rotatable bonds is 10. The van der Waals surface area contributed by atoms with Crippen molar-refractivity contribution in [3.8, 4) is 0 Å². The van der Waals surface area contributed by atoms with Gasteiger partial charge in [0, 0.05) is 43.0 Å². The van der Waals surface area contributed by atoms with E-state index in [2.05, 4.69) is 31.0 Å². The van der Waals surface area contributed by atoms with Gasteiger partial charge in [0.2, 0.25) is 0 Å². The van der Waals surface area contributed by atoms with Gasteiger partial charge in [-0.3, -0.25) is 9.78 Å². The third kappa shape index (κ3) is 6.24. The first-order chi connectivity index (χ1) is 19.2. The molecule has 2 aliphatic carbocycles. The predicted molar refractivity (Wildman–Crippen MR) is 149 cm³/mol. The average molecular weight is 554 g/mol. The quantitative estimate of drug-likeness (QED) is 0.296. The van der Waals surface area contributed by atoms with Gasteiger partial charge in [0.05, 0.1) is 23.8 Å². The van der Waals surface area contributed by atoms with Gasteiger partial charge in [-0.2, -0.15) is 0 Å². The number of fused-ring (bicyclic) bond motifs is 1. The summed E-state index contributed by atoms with van der Waals surface area (Å²) < 4.78 is 15.6. The number of halogens is 1. The number of carbonyl (C=O) groups is 2. The highest BCUT2D eigenvalue weighted by atomic mass is 19.1. The molecule has 2 fully saturated rings. The fraction of sp³-hybridized carbons (Fsp3) is 0.519. The highest BCUT2D eigenvalue weighted by molar-refractivity contribution is 6.03. The van der Waals surface area contributed by atoms with E-state index in [0.29, 0.717) is 24.1 Å². The lowest BCUT2D eigenvalue weighted by Crippen LogP contribution is -2.50. The van der Waals surface area contributed by atoms with E-state index in [4.69, 9.17) is 0 Å². The monoisotopic (exact) mass is 553 g/mol. The standard InChI is InChI=1S/C27H36FN9O3/c1-16(15-35(2)3)36(27(39)40)19-8-6-18(7-9-19)32-24-12-22(31-17-4-5-17)25-30-14-23(37(25)34-24)26(38)33-21-10-11-29-13-20(21)28/h10-14,16-19,31H,4-9,15H2,1-3H3,(H,32,34)(H,39,40)(H,29,33,38). The van der Waals surface area contributed by atoms with Crippen molar-refractivity contribution in [2.45, 2.75) is 69.6 Å². The van der Waals surface area contributed by atoms with Gasteiger partial charge >= 0.3 is 6.09 Å². The Kier molecular flexibility index (Phi) is 8.01. The smallest absolute Gasteiger partial charge is 0.407 e. The Balaban J connectivity index is 1.33. The van der Waals surface area contributed by atoms with E-state index in [-0.39, 0.29) is 29.5 Å². The van der Waals surface area contributed by atoms with Crippen molar-refractivity contribution >= 4 is 34.8 Å². The van der Waals surface area contributed by atoms with E-state index >= 15 is 0 Å². The van der Waals surface area contributed by atoms with Crippen LogP contribution in [0.5, 0.6) is 0 Å². The third-order valence-electron chi connectivity index (χ3n) is 7.43. The second-order valence-electron chi connectivity index (χ2n) is 11.0. The largest absolute Gasteiger partial charge is 0.465 e. The molecule has 214 valence electrons. The maximum absolute atomic E-state index is 14.1. The number of pyridine rings is 1. The van der Waals surface area contributed by atoms with Crippen LogP contribution in [0.1, 0.15) is 55.9 Å². The maximum atomic E-state index is 14.1. The van der Waals surface area contributed by atoms with Crippen molar-refractivity contribution in [2.75, 3.05) is 36.6 Å². The molecular weight excluding hydrogens is 517 g/mol. The maximum Gasteiger partial charge on any atom is 0.407 e. The molecule has 40 heavy (non-hydrogen) atoms. The Morgan fingerprint density at radius 3 is 2.45 bits per heavy atom. The molecule has 0 bridgehead atoms. The molecule has 0 aliphatic heterocycles. The van der Waals surface area contributed by atoms with Crippen molar-refractivity contribution < 1.29 is 19.1 Å². The zero-order chi connectivity index (χ0) is 28.4. The number of anilines is 3. The van der Waals surface area contributed by atoms with Crippen molar-refractivity contribution in [1.82, 2.24) is 29.4 Å². The summed E-state index contributed by atoms with van der Waals surface area (Å²) in [6.45, 7) is 2.62. The Bertz CT molecular complexity index is 1370. The summed E-state index contributed by atoms with van der Waals surface area (Å²) in [4.78, 5) is 36.9. The first-order valence-electron chi connectivity index (χ1n) is 13.7. The van der Waals surface area contributed by atoms with Gasteiger partial charge in [-0.05, 0) is 65.6 Å². The van der Waals surface area contributed by atoms with E-state index in [9.17, 15) is 19.1 Å². The SMILES string of the molecule is CC(CN(C)C)N(C(=O)O)C1CCC(Nc2cc(NC3CC3)c3ncc(C(=O)Nc4ccncc4F)n3n2)CC1. The van der Waals surface area contributed by atoms with Crippen LogP contribution >= 0.6 is 0 Å². The minimum atomic E-state index is -0.883. The molecule has 0 spiro atoms. The van der Waals surface area contributed by atoms with E-state index < -0.39 is 17.8 Å². The van der Waals surface area contributed by atoms with Crippen LogP contribution in [0, 0.1) is 5.82 Å². The van der Waals surface area contributed by atoms with Crippen LogP contribution < -0.4 is 16.0 Å². The lowest BCUT2D eigenvalue weighted by molar-refractivity contribution is 0.0785. The molecule has 12 nitrogen and oxygen atoms in total. The summed E-state index contributed by atoms with van der Waals surface area (Å²) in [6, 6.07) is 3.60. The molecule has 1 atom stereocenters. The summed E-state index contributed by atoms with van der Waals surface area (Å²) in [5.41, 5.74) is 1.46. The van der Waals surface area contributed by atoms with E-state index in [1.54, 1.807) is 4.90 Å². The summed E-state index contributed by atoms with van der Waals surface area (Å²) in [6.07, 6.45) is 8.16. The number of carbonyl (C=O) groups excluding carboxylic acids is 1. The molecule has 2 amide bonds. The molecular formula is C27H36FN9O3. The number of nitrogens with one attached hydrogen (secondary N) is 3. The van der Waals surface area contributed by atoms with Crippen LogP contribution in [-0.4, -0.2) is 91.3 Å². The van der Waals surface area contributed by atoms with Gasteiger partial charge < -0.3 is 30.9 Å². The minimum absolute atomic E-state index is 0.0209. The second kappa shape index (κ2) is 11.6. The van der Waals surface area contributed by atoms with Crippen molar-refractivity contribution in [1.29, 1.82) is 0 Å². The van der Waals surface area contributed by atoms with Crippen molar-refractivity contribution in [3.63, 3.8) is 0 Å². The Hall–Kier alpha value is -4.00. The number of hydrogen-bond donors (Lipinski definition) is 4. The Morgan fingerprint density at radius 1 is 1.10 bits per heavy atom.